The maximum absolute atomic E-state index is 9.08. The second-order valence-electron chi connectivity index (χ2n) is 3.91. The molecule has 0 aliphatic rings. The molecule has 1 aromatic carbocycles. The Morgan fingerprint density at radius 3 is 2.69 bits per heavy atom. The lowest BCUT2D eigenvalue weighted by atomic mass is 10.1. The maximum atomic E-state index is 9.08. The van der Waals surface area contributed by atoms with Gasteiger partial charge >= 0.3 is 0 Å². The van der Waals surface area contributed by atoms with Crippen molar-refractivity contribution >= 4 is 0 Å². The fourth-order valence-electron chi connectivity index (χ4n) is 1.64. The number of benzene rings is 1. The first-order chi connectivity index (χ1) is 7.77. The summed E-state index contributed by atoms with van der Waals surface area (Å²) in [6, 6.07) is 12.5. The van der Waals surface area contributed by atoms with Gasteiger partial charge in [-0.05, 0) is 25.5 Å². The van der Waals surface area contributed by atoms with Crippen LogP contribution < -0.4 is 0 Å². The van der Waals surface area contributed by atoms with Gasteiger partial charge in [-0.1, -0.05) is 36.4 Å². The molecule has 0 saturated heterocycles. The molecule has 1 aromatic rings. The molecule has 16 heavy (non-hydrogen) atoms. The average Bonchev–Trinajstić information content (AvgIpc) is 2.31. The highest BCUT2D eigenvalue weighted by Gasteiger charge is 2.12. The summed E-state index contributed by atoms with van der Waals surface area (Å²) in [7, 11) is 1.99. The third-order valence-corrected chi connectivity index (χ3v) is 2.60. The van der Waals surface area contributed by atoms with E-state index in [1.54, 1.807) is 0 Å². The Morgan fingerprint density at radius 2 is 2.12 bits per heavy atom. The molecule has 0 spiro atoms. The standard InChI is InChI=1S/C14H18N2/c1-3-4-10-14(11-15)16(2)12-13-8-6-5-7-9-13/h3,5-9,14H,1,4,10,12H2,2H3. The fraction of sp³-hybridized carbons (Fsp3) is 0.357. The molecule has 0 bridgehead atoms. The summed E-state index contributed by atoms with van der Waals surface area (Å²) < 4.78 is 0. The Balaban J connectivity index is 2.53. The van der Waals surface area contributed by atoms with Gasteiger partial charge in [0.25, 0.3) is 0 Å². The predicted molar refractivity (Wildman–Crippen MR) is 66.7 cm³/mol. The van der Waals surface area contributed by atoms with Crippen molar-refractivity contribution in [3.8, 4) is 6.07 Å². The van der Waals surface area contributed by atoms with Gasteiger partial charge in [0.05, 0.1) is 12.1 Å². The molecule has 0 aromatic heterocycles. The Labute approximate surface area is 97.8 Å². The van der Waals surface area contributed by atoms with Crippen LogP contribution in [0.3, 0.4) is 0 Å². The molecular formula is C14H18N2. The van der Waals surface area contributed by atoms with E-state index in [2.05, 4.69) is 29.7 Å². The molecule has 2 heteroatoms. The van der Waals surface area contributed by atoms with Gasteiger partial charge in [-0.3, -0.25) is 4.90 Å². The lowest BCUT2D eigenvalue weighted by Crippen LogP contribution is -2.29. The summed E-state index contributed by atoms with van der Waals surface area (Å²) in [6.07, 6.45) is 3.60. The zero-order valence-electron chi connectivity index (χ0n) is 9.76. The molecule has 2 nitrogen and oxygen atoms in total. The van der Waals surface area contributed by atoms with Crippen molar-refractivity contribution < 1.29 is 0 Å². The second-order valence-corrected chi connectivity index (χ2v) is 3.91. The van der Waals surface area contributed by atoms with E-state index >= 15 is 0 Å². The van der Waals surface area contributed by atoms with E-state index in [0.717, 1.165) is 19.4 Å². The van der Waals surface area contributed by atoms with Crippen LogP contribution in [0.4, 0.5) is 0 Å². The predicted octanol–water partition coefficient (Wildman–Crippen LogP) is 2.98. The second kappa shape index (κ2) is 6.81. The van der Waals surface area contributed by atoms with Gasteiger partial charge in [-0.25, -0.2) is 0 Å². The minimum Gasteiger partial charge on any atom is -0.287 e. The Bertz CT molecular complexity index is 351. The van der Waals surface area contributed by atoms with Crippen molar-refractivity contribution in [3.63, 3.8) is 0 Å². The van der Waals surface area contributed by atoms with Gasteiger partial charge < -0.3 is 0 Å². The van der Waals surface area contributed by atoms with Crippen molar-refractivity contribution in [2.75, 3.05) is 7.05 Å². The van der Waals surface area contributed by atoms with Crippen LogP contribution in [-0.2, 0) is 6.54 Å². The molecule has 0 fully saturated rings. The Morgan fingerprint density at radius 1 is 1.44 bits per heavy atom. The van der Waals surface area contributed by atoms with E-state index in [0.29, 0.717) is 0 Å². The van der Waals surface area contributed by atoms with Crippen LogP contribution in [-0.4, -0.2) is 18.0 Å². The Kier molecular flexibility index (Phi) is 5.31. The number of hydrogen-bond donors (Lipinski definition) is 0. The van der Waals surface area contributed by atoms with Crippen molar-refractivity contribution in [2.24, 2.45) is 0 Å². The fourth-order valence-corrected chi connectivity index (χ4v) is 1.64. The highest BCUT2D eigenvalue weighted by atomic mass is 15.1. The Hall–Kier alpha value is -1.59. The van der Waals surface area contributed by atoms with Crippen LogP contribution in [0.2, 0.25) is 0 Å². The summed E-state index contributed by atoms with van der Waals surface area (Å²) >= 11 is 0. The van der Waals surface area contributed by atoms with Gasteiger partial charge in [0, 0.05) is 6.54 Å². The van der Waals surface area contributed by atoms with Gasteiger partial charge in [0.2, 0.25) is 0 Å². The molecule has 0 amide bonds. The molecule has 0 aliphatic carbocycles. The quantitative estimate of drug-likeness (QED) is 0.681. The van der Waals surface area contributed by atoms with E-state index in [-0.39, 0.29) is 6.04 Å². The van der Waals surface area contributed by atoms with Crippen LogP contribution in [0.15, 0.2) is 43.0 Å². The minimum absolute atomic E-state index is 0.0294. The van der Waals surface area contributed by atoms with E-state index in [9.17, 15) is 0 Å². The molecule has 0 radical (unpaired) electrons. The van der Waals surface area contributed by atoms with Crippen molar-refractivity contribution in [1.82, 2.24) is 4.90 Å². The first-order valence-corrected chi connectivity index (χ1v) is 5.52. The molecule has 1 atom stereocenters. The smallest absolute Gasteiger partial charge is 0.0981 e. The van der Waals surface area contributed by atoms with Crippen molar-refractivity contribution in [3.05, 3.63) is 48.6 Å². The maximum Gasteiger partial charge on any atom is 0.0981 e. The normalized spacial score (nSPS) is 12.1. The monoisotopic (exact) mass is 214 g/mol. The van der Waals surface area contributed by atoms with Crippen LogP contribution in [0.5, 0.6) is 0 Å². The van der Waals surface area contributed by atoms with E-state index in [1.165, 1.54) is 5.56 Å². The third kappa shape index (κ3) is 3.88. The van der Waals surface area contributed by atoms with Crippen molar-refractivity contribution in [1.29, 1.82) is 5.26 Å². The molecule has 0 N–H and O–H groups in total. The summed E-state index contributed by atoms with van der Waals surface area (Å²) in [5, 5.41) is 9.08. The molecule has 1 unspecified atom stereocenters. The number of hydrogen-bond acceptors (Lipinski definition) is 2. The summed E-state index contributed by atoms with van der Waals surface area (Å²) in [5.41, 5.74) is 1.24. The average molecular weight is 214 g/mol. The first kappa shape index (κ1) is 12.5. The molecule has 0 saturated carbocycles. The van der Waals surface area contributed by atoms with Crippen LogP contribution in [0.1, 0.15) is 18.4 Å². The summed E-state index contributed by atoms with van der Waals surface area (Å²) in [4.78, 5) is 2.08. The highest BCUT2D eigenvalue weighted by molar-refractivity contribution is 5.14. The number of nitrogens with zero attached hydrogens (tertiary/aromatic N) is 2. The number of allylic oxidation sites excluding steroid dienone is 1. The van der Waals surface area contributed by atoms with Gasteiger partial charge in [0.15, 0.2) is 0 Å². The minimum atomic E-state index is -0.0294. The molecule has 0 aliphatic heterocycles. The molecular weight excluding hydrogens is 196 g/mol. The van der Waals surface area contributed by atoms with E-state index in [1.807, 2.05) is 31.3 Å². The number of rotatable bonds is 6. The van der Waals surface area contributed by atoms with Crippen LogP contribution in [0, 0.1) is 11.3 Å². The lowest BCUT2D eigenvalue weighted by Gasteiger charge is -2.21. The SMILES string of the molecule is C=CCCC(C#N)N(C)Cc1ccccc1. The zero-order chi connectivity index (χ0) is 11.8. The van der Waals surface area contributed by atoms with Gasteiger partial charge in [-0.15, -0.1) is 6.58 Å². The van der Waals surface area contributed by atoms with E-state index < -0.39 is 0 Å². The van der Waals surface area contributed by atoms with E-state index in [4.69, 9.17) is 5.26 Å². The molecule has 0 heterocycles. The van der Waals surface area contributed by atoms with Crippen LogP contribution >= 0.6 is 0 Å². The van der Waals surface area contributed by atoms with Crippen molar-refractivity contribution in [2.45, 2.75) is 25.4 Å². The number of nitriles is 1. The molecule has 84 valence electrons. The first-order valence-electron chi connectivity index (χ1n) is 5.52. The zero-order valence-corrected chi connectivity index (χ0v) is 9.76. The van der Waals surface area contributed by atoms with Gasteiger partial charge in [0.1, 0.15) is 0 Å². The van der Waals surface area contributed by atoms with Crippen LogP contribution in [0.25, 0.3) is 0 Å². The summed E-state index contributed by atoms with van der Waals surface area (Å²) in [5.74, 6) is 0. The highest BCUT2D eigenvalue weighted by Crippen LogP contribution is 2.09. The largest absolute Gasteiger partial charge is 0.287 e. The van der Waals surface area contributed by atoms with Gasteiger partial charge in [-0.2, -0.15) is 5.26 Å². The summed E-state index contributed by atoms with van der Waals surface area (Å²) in [6.45, 7) is 4.50. The molecule has 1 rings (SSSR count). The third-order valence-electron chi connectivity index (χ3n) is 2.60. The lowest BCUT2D eigenvalue weighted by molar-refractivity contribution is 0.269. The topological polar surface area (TPSA) is 27.0 Å².